The van der Waals surface area contributed by atoms with Crippen LogP contribution in [-0.2, 0) is 4.79 Å². The molecule has 0 aliphatic carbocycles. The van der Waals surface area contributed by atoms with Gasteiger partial charge in [-0.15, -0.1) is 0 Å². The minimum atomic E-state index is -0.396. The van der Waals surface area contributed by atoms with Crippen LogP contribution in [0.4, 0.5) is 0 Å². The minimum Gasteiger partial charge on any atom is -0.370 e. The Morgan fingerprint density at radius 1 is 1.40 bits per heavy atom. The first-order chi connectivity index (χ1) is 7.18. The molecule has 0 spiro atoms. The van der Waals surface area contributed by atoms with Gasteiger partial charge in [0.15, 0.2) is 5.96 Å². The van der Waals surface area contributed by atoms with Crippen LogP contribution in [0.5, 0.6) is 0 Å². The summed E-state index contributed by atoms with van der Waals surface area (Å²) in [6, 6.07) is 9.43. The minimum absolute atomic E-state index is 0.0484. The molecule has 1 aliphatic rings. The molecule has 0 saturated carbocycles. The summed E-state index contributed by atoms with van der Waals surface area (Å²) in [6.07, 6.45) is 0. The lowest BCUT2D eigenvalue weighted by atomic mass is 9.94. The van der Waals surface area contributed by atoms with E-state index in [9.17, 15) is 4.79 Å². The van der Waals surface area contributed by atoms with Gasteiger partial charge < -0.3 is 5.73 Å². The molecule has 0 radical (unpaired) electrons. The average molecular weight is 203 g/mol. The van der Waals surface area contributed by atoms with Gasteiger partial charge in [-0.1, -0.05) is 37.3 Å². The first kappa shape index (κ1) is 9.71. The second kappa shape index (κ2) is 3.73. The molecule has 1 aromatic rings. The van der Waals surface area contributed by atoms with Crippen molar-refractivity contribution in [2.75, 3.05) is 0 Å². The van der Waals surface area contributed by atoms with Gasteiger partial charge >= 0.3 is 0 Å². The summed E-state index contributed by atoms with van der Waals surface area (Å²) in [5, 5.41) is 2.51. The zero-order chi connectivity index (χ0) is 10.8. The van der Waals surface area contributed by atoms with E-state index in [4.69, 9.17) is 5.73 Å². The Bertz CT molecular complexity index is 400. The van der Waals surface area contributed by atoms with Gasteiger partial charge in [0, 0.05) is 5.92 Å². The van der Waals surface area contributed by atoms with Crippen molar-refractivity contribution in [2.24, 2.45) is 10.7 Å². The molecular weight excluding hydrogens is 190 g/mol. The smallest absolute Gasteiger partial charge is 0.252 e. The number of nitrogens with zero attached hydrogens (tertiary/aromatic N) is 1. The van der Waals surface area contributed by atoms with Crippen molar-refractivity contribution in [3.8, 4) is 0 Å². The number of hydrogen-bond donors (Lipinski definition) is 2. The lowest BCUT2D eigenvalue weighted by Crippen LogP contribution is -2.34. The molecule has 1 aromatic carbocycles. The Labute approximate surface area is 88.2 Å². The highest BCUT2D eigenvalue weighted by atomic mass is 16.2. The first-order valence-corrected chi connectivity index (χ1v) is 4.87. The monoisotopic (exact) mass is 203 g/mol. The molecule has 0 saturated heterocycles. The van der Waals surface area contributed by atoms with Crippen LogP contribution in [0, 0.1) is 0 Å². The predicted octanol–water partition coefficient (Wildman–Crippen LogP) is 0.603. The summed E-state index contributed by atoms with van der Waals surface area (Å²) in [7, 11) is 0. The molecule has 0 fully saturated rings. The summed E-state index contributed by atoms with van der Waals surface area (Å²) >= 11 is 0. The van der Waals surface area contributed by atoms with Crippen LogP contribution in [-0.4, -0.2) is 17.9 Å². The van der Waals surface area contributed by atoms with Crippen molar-refractivity contribution in [3.63, 3.8) is 0 Å². The van der Waals surface area contributed by atoms with E-state index in [1.54, 1.807) is 0 Å². The van der Waals surface area contributed by atoms with Crippen LogP contribution >= 0.6 is 0 Å². The molecule has 4 nitrogen and oxygen atoms in total. The molecule has 0 aromatic heterocycles. The van der Waals surface area contributed by atoms with Crippen molar-refractivity contribution in [1.29, 1.82) is 0 Å². The third-order valence-electron chi connectivity index (χ3n) is 2.60. The number of nitrogens with one attached hydrogen (secondary N) is 1. The van der Waals surface area contributed by atoms with E-state index >= 15 is 0 Å². The molecule has 1 heterocycles. The summed E-state index contributed by atoms with van der Waals surface area (Å²) < 4.78 is 0. The van der Waals surface area contributed by atoms with Crippen molar-refractivity contribution in [1.82, 2.24) is 5.32 Å². The van der Waals surface area contributed by atoms with E-state index in [-0.39, 0.29) is 17.8 Å². The van der Waals surface area contributed by atoms with E-state index in [1.807, 2.05) is 37.3 Å². The van der Waals surface area contributed by atoms with Crippen LogP contribution in [0.15, 0.2) is 35.3 Å². The van der Waals surface area contributed by atoms with Crippen molar-refractivity contribution < 1.29 is 4.79 Å². The average Bonchev–Trinajstić information content (AvgIpc) is 2.58. The number of carbonyl (C=O) groups excluding carboxylic acids is 1. The Morgan fingerprint density at radius 3 is 2.60 bits per heavy atom. The zero-order valence-corrected chi connectivity index (χ0v) is 8.47. The third-order valence-corrected chi connectivity index (χ3v) is 2.60. The molecule has 15 heavy (non-hydrogen) atoms. The molecule has 3 N–H and O–H groups in total. The highest BCUT2D eigenvalue weighted by Gasteiger charge is 2.30. The summed E-state index contributed by atoms with van der Waals surface area (Å²) in [5.74, 6) is 0.142. The van der Waals surface area contributed by atoms with E-state index in [0.717, 1.165) is 5.56 Å². The summed E-state index contributed by atoms with van der Waals surface area (Å²) in [4.78, 5) is 15.6. The van der Waals surface area contributed by atoms with Crippen LogP contribution < -0.4 is 11.1 Å². The molecule has 2 unspecified atom stereocenters. The maximum atomic E-state index is 11.5. The first-order valence-electron chi connectivity index (χ1n) is 4.87. The molecule has 1 amide bonds. The fourth-order valence-electron chi connectivity index (χ4n) is 1.72. The lowest BCUT2D eigenvalue weighted by molar-refractivity contribution is -0.120. The third kappa shape index (κ3) is 1.83. The van der Waals surface area contributed by atoms with Crippen molar-refractivity contribution in [3.05, 3.63) is 35.9 Å². The van der Waals surface area contributed by atoms with E-state index < -0.39 is 6.04 Å². The molecule has 2 rings (SSSR count). The number of amides is 1. The Balaban J connectivity index is 2.22. The van der Waals surface area contributed by atoms with E-state index in [0.29, 0.717) is 0 Å². The number of aliphatic imine (C=N–C) groups is 1. The largest absolute Gasteiger partial charge is 0.370 e. The molecule has 4 heteroatoms. The number of benzene rings is 1. The van der Waals surface area contributed by atoms with E-state index in [1.165, 1.54) is 0 Å². The van der Waals surface area contributed by atoms with Gasteiger partial charge in [0.2, 0.25) is 0 Å². The number of guanidine groups is 1. The molecular formula is C11H13N3O. The zero-order valence-electron chi connectivity index (χ0n) is 8.47. The van der Waals surface area contributed by atoms with Crippen LogP contribution in [0.1, 0.15) is 18.4 Å². The number of nitrogens with two attached hydrogens (primary N) is 1. The van der Waals surface area contributed by atoms with Gasteiger partial charge in [0.25, 0.3) is 5.91 Å². The second-order valence-corrected chi connectivity index (χ2v) is 3.65. The number of carbonyl (C=O) groups is 1. The topological polar surface area (TPSA) is 67.5 Å². The van der Waals surface area contributed by atoms with E-state index in [2.05, 4.69) is 10.3 Å². The summed E-state index contributed by atoms with van der Waals surface area (Å²) in [5.41, 5.74) is 6.54. The van der Waals surface area contributed by atoms with Crippen LogP contribution in [0.2, 0.25) is 0 Å². The molecule has 2 atom stereocenters. The fourth-order valence-corrected chi connectivity index (χ4v) is 1.72. The van der Waals surface area contributed by atoms with Gasteiger partial charge in [0.05, 0.1) is 0 Å². The number of rotatable bonds is 2. The second-order valence-electron chi connectivity index (χ2n) is 3.65. The normalized spacial score (nSPS) is 22.1. The lowest BCUT2D eigenvalue weighted by Gasteiger charge is -2.14. The Hall–Kier alpha value is -1.84. The molecule has 1 aliphatic heterocycles. The standard InChI is InChI=1S/C11H13N3O/c1-7(8-5-3-2-4-6-8)9-10(15)14-11(12)13-9/h2-7,9H,1H3,(H3,12,13,14,15). The highest BCUT2D eigenvalue weighted by Crippen LogP contribution is 2.22. The van der Waals surface area contributed by atoms with Crippen molar-refractivity contribution in [2.45, 2.75) is 18.9 Å². The van der Waals surface area contributed by atoms with Crippen molar-refractivity contribution >= 4 is 11.9 Å². The Morgan fingerprint density at radius 2 is 2.07 bits per heavy atom. The summed E-state index contributed by atoms with van der Waals surface area (Å²) in [6.45, 7) is 1.97. The highest BCUT2D eigenvalue weighted by molar-refractivity contribution is 6.04. The van der Waals surface area contributed by atoms with Gasteiger partial charge in [-0.25, -0.2) is 4.99 Å². The quantitative estimate of drug-likeness (QED) is 0.739. The molecule has 78 valence electrons. The number of hydrogen-bond acceptors (Lipinski definition) is 3. The maximum Gasteiger partial charge on any atom is 0.252 e. The van der Waals surface area contributed by atoms with Gasteiger partial charge in [0.1, 0.15) is 6.04 Å². The maximum absolute atomic E-state index is 11.5. The Kier molecular flexibility index (Phi) is 2.41. The predicted molar refractivity (Wildman–Crippen MR) is 58.4 cm³/mol. The van der Waals surface area contributed by atoms with Gasteiger partial charge in [-0.2, -0.15) is 0 Å². The van der Waals surface area contributed by atoms with Crippen LogP contribution in [0.25, 0.3) is 0 Å². The van der Waals surface area contributed by atoms with Crippen LogP contribution in [0.3, 0.4) is 0 Å². The molecule has 0 bridgehead atoms. The SMILES string of the molecule is CC(c1ccccc1)C1N=C(N)NC1=O. The van der Waals surface area contributed by atoms with Gasteiger partial charge in [-0.05, 0) is 5.56 Å². The fraction of sp³-hybridized carbons (Fsp3) is 0.273. The van der Waals surface area contributed by atoms with Gasteiger partial charge in [-0.3, -0.25) is 10.1 Å².